The van der Waals surface area contributed by atoms with E-state index in [1.807, 2.05) is 13.8 Å². The molecule has 0 aromatic carbocycles. The topological polar surface area (TPSA) is 35.5 Å². The first kappa shape index (κ1) is 13.5. The Bertz CT molecular complexity index is 459. The van der Waals surface area contributed by atoms with Gasteiger partial charge in [0.05, 0.1) is 14.2 Å². The molecule has 0 amide bonds. The molecule has 3 aliphatic rings. The highest BCUT2D eigenvalue weighted by Gasteiger charge is 2.52. The molecule has 3 atom stereocenters. The predicted octanol–water partition coefficient (Wildman–Crippen LogP) is 3.06. The summed E-state index contributed by atoms with van der Waals surface area (Å²) in [6.45, 7) is 10.7. The number of rotatable bonds is 1. The zero-order valence-corrected chi connectivity index (χ0v) is 13.6. The Balaban J connectivity index is 2.06. The molecule has 3 nitrogen and oxygen atoms in total. The monoisotopic (exact) mass is 280 g/mol. The first-order chi connectivity index (χ1) is 8.69. The third kappa shape index (κ3) is 2.14. The summed E-state index contributed by atoms with van der Waals surface area (Å²) < 4.78 is 12.1. The molecule has 0 aromatic rings. The summed E-state index contributed by atoms with van der Waals surface area (Å²) in [5.74, 6) is 0.300. The third-order valence-corrected chi connectivity index (χ3v) is 6.55. The lowest BCUT2D eigenvalue weighted by Crippen LogP contribution is -2.36. The Labute approximate surface area is 116 Å². The van der Waals surface area contributed by atoms with Crippen molar-refractivity contribution in [2.75, 3.05) is 0 Å². The molecule has 106 valence electrons. The molecule has 0 unspecified atom stereocenters. The summed E-state index contributed by atoms with van der Waals surface area (Å²) in [5, 5.41) is 1.15. The number of ether oxygens (including phenoxy) is 2. The number of hydrogen-bond donors (Lipinski definition) is 0. The summed E-state index contributed by atoms with van der Waals surface area (Å²) >= 11 is 0. The van der Waals surface area contributed by atoms with Gasteiger partial charge >= 0.3 is 0 Å². The van der Waals surface area contributed by atoms with E-state index in [0.29, 0.717) is 18.1 Å². The van der Waals surface area contributed by atoms with E-state index < -0.39 is 13.9 Å². The van der Waals surface area contributed by atoms with Crippen molar-refractivity contribution in [2.24, 2.45) is 5.92 Å². The van der Waals surface area contributed by atoms with Crippen LogP contribution in [0.4, 0.5) is 0 Å². The van der Waals surface area contributed by atoms with E-state index >= 15 is 0 Å². The van der Waals surface area contributed by atoms with Gasteiger partial charge < -0.3 is 9.47 Å². The zero-order chi connectivity index (χ0) is 14.0. The van der Waals surface area contributed by atoms with E-state index in [1.165, 1.54) is 5.57 Å². The van der Waals surface area contributed by atoms with Crippen molar-refractivity contribution in [1.29, 1.82) is 0 Å². The van der Waals surface area contributed by atoms with Crippen LogP contribution in [0.15, 0.2) is 10.8 Å². The molecule has 1 aliphatic heterocycles. The maximum absolute atomic E-state index is 12.4. The average Bonchev–Trinajstić information content (AvgIpc) is 2.71. The smallest absolute Gasteiger partial charge is 0.164 e. The Hall–Kier alpha value is -0.453. The Kier molecular flexibility index (Phi) is 2.87. The number of hydrogen-bond acceptors (Lipinski definition) is 3. The van der Waals surface area contributed by atoms with Crippen LogP contribution in [0.1, 0.15) is 33.1 Å². The van der Waals surface area contributed by atoms with Gasteiger partial charge in [0, 0.05) is 6.42 Å². The van der Waals surface area contributed by atoms with Gasteiger partial charge in [0.2, 0.25) is 0 Å². The van der Waals surface area contributed by atoms with E-state index in [9.17, 15) is 4.79 Å². The summed E-state index contributed by atoms with van der Waals surface area (Å²) in [5.41, 5.74) is 1.31. The molecule has 0 spiro atoms. The van der Waals surface area contributed by atoms with Crippen LogP contribution in [0, 0.1) is 5.92 Å². The molecule has 2 aliphatic carbocycles. The van der Waals surface area contributed by atoms with E-state index in [4.69, 9.17) is 9.47 Å². The Morgan fingerprint density at radius 2 is 1.84 bits per heavy atom. The van der Waals surface area contributed by atoms with Crippen LogP contribution in [0.5, 0.6) is 0 Å². The van der Waals surface area contributed by atoms with Crippen LogP contribution in [0.2, 0.25) is 19.6 Å². The minimum atomic E-state index is -1.61. The average molecular weight is 280 g/mol. The van der Waals surface area contributed by atoms with Crippen LogP contribution in [0.25, 0.3) is 0 Å². The van der Waals surface area contributed by atoms with Gasteiger partial charge in [-0.3, -0.25) is 4.79 Å². The molecule has 0 radical (unpaired) electrons. The van der Waals surface area contributed by atoms with E-state index in [2.05, 4.69) is 19.6 Å². The summed E-state index contributed by atoms with van der Waals surface area (Å²) in [4.78, 5) is 12.4. The standard InChI is InChI=1S/C15H24O3Si/c1-15(2)17-11-7-6-9-8-10(16)14(19(3,4)5)12(9)13(11)18-15/h9,11,13H,6-8H2,1-5H3/t9-,11+,13-/m1/s1. The molecule has 4 heteroatoms. The van der Waals surface area contributed by atoms with E-state index in [1.54, 1.807) is 0 Å². The van der Waals surface area contributed by atoms with Crippen molar-refractivity contribution in [3.63, 3.8) is 0 Å². The predicted molar refractivity (Wildman–Crippen MR) is 76.5 cm³/mol. The van der Waals surface area contributed by atoms with Crippen LogP contribution in [-0.2, 0) is 14.3 Å². The molecule has 19 heavy (non-hydrogen) atoms. The van der Waals surface area contributed by atoms with Gasteiger partial charge in [-0.1, -0.05) is 19.6 Å². The highest BCUT2D eigenvalue weighted by Crippen LogP contribution is 2.49. The van der Waals surface area contributed by atoms with Crippen molar-refractivity contribution in [3.8, 4) is 0 Å². The molecule has 1 heterocycles. The van der Waals surface area contributed by atoms with Crippen molar-refractivity contribution in [1.82, 2.24) is 0 Å². The molecule has 0 bridgehead atoms. The lowest BCUT2D eigenvalue weighted by molar-refractivity contribution is -0.143. The fraction of sp³-hybridized carbons (Fsp3) is 0.800. The quantitative estimate of drug-likeness (QED) is 0.693. The normalized spacial score (nSPS) is 37.5. The first-order valence-corrected chi connectivity index (χ1v) is 10.8. The van der Waals surface area contributed by atoms with E-state index in [-0.39, 0.29) is 12.2 Å². The fourth-order valence-corrected chi connectivity index (χ4v) is 6.11. The molecule has 2 fully saturated rings. The van der Waals surface area contributed by atoms with Crippen molar-refractivity contribution >= 4 is 13.9 Å². The largest absolute Gasteiger partial charge is 0.344 e. The molecule has 0 N–H and O–H groups in total. The van der Waals surface area contributed by atoms with Gasteiger partial charge in [0.25, 0.3) is 0 Å². The Morgan fingerprint density at radius 1 is 1.16 bits per heavy atom. The number of carbonyl (C=O) groups excluding carboxylic acids is 1. The summed E-state index contributed by atoms with van der Waals surface area (Å²) in [6, 6.07) is 0. The lowest BCUT2D eigenvalue weighted by Gasteiger charge is -2.31. The zero-order valence-electron chi connectivity index (χ0n) is 12.6. The minimum Gasteiger partial charge on any atom is -0.344 e. The van der Waals surface area contributed by atoms with Gasteiger partial charge in [-0.15, -0.1) is 0 Å². The van der Waals surface area contributed by atoms with Gasteiger partial charge in [-0.05, 0) is 43.4 Å². The summed E-state index contributed by atoms with van der Waals surface area (Å²) in [6.07, 6.45) is 2.99. The molecule has 0 aromatic heterocycles. The lowest BCUT2D eigenvalue weighted by atomic mass is 9.82. The SMILES string of the molecule is CC1(C)O[C@H]2CC[C@@H]3CC(=O)C([Si](C)(C)C)=C3[C@@H]2O1. The van der Waals surface area contributed by atoms with Crippen molar-refractivity contribution in [3.05, 3.63) is 10.8 Å². The number of ketones is 1. The third-order valence-electron chi connectivity index (χ3n) is 4.48. The Morgan fingerprint density at radius 3 is 2.47 bits per heavy atom. The highest BCUT2D eigenvalue weighted by atomic mass is 28.3. The molecular weight excluding hydrogens is 256 g/mol. The van der Waals surface area contributed by atoms with Gasteiger partial charge in [-0.2, -0.15) is 0 Å². The van der Waals surface area contributed by atoms with E-state index in [0.717, 1.165) is 18.0 Å². The van der Waals surface area contributed by atoms with Gasteiger partial charge in [0.15, 0.2) is 11.6 Å². The second-order valence-corrected chi connectivity index (χ2v) is 12.6. The second kappa shape index (κ2) is 4.03. The van der Waals surface area contributed by atoms with Crippen LogP contribution < -0.4 is 0 Å². The van der Waals surface area contributed by atoms with Crippen molar-refractivity contribution < 1.29 is 14.3 Å². The highest BCUT2D eigenvalue weighted by molar-refractivity contribution is 6.87. The first-order valence-electron chi connectivity index (χ1n) is 7.32. The van der Waals surface area contributed by atoms with Crippen molar-refractivity contribution in [2.45, 2.75) is 70.7 Å². The number of Topliss-reactive ketones (excluding diaryl/α,β-unsaturated/α-hetero) is 1. The van der Waals surface area contributed by atoms with Crippen LogP contribution in [0.3, 0.4) is 0 Å². The molecule has 1 saturated carbocycles. The molecular formula is C15H24O3Si. The number of carbonyl (C=O) groups is 1. The maximum Gasteiger partial charge on any atom is 0.164 e. The fourth-order valence-electron chi connectivity index (χ4n) is 3.96. The number of allylic oxidation sites excluding steroid dienone is 1. The minimum absolute atomic E-state index is 0.0296. The van der Waals surface area contributed by atoms with Crippen LogP contribution in [-0.4, -0.2) is 31.9 Å². The molecule has 3 rings (SSSR count). The maximum atomic E-state index is 12.4. The van der Waals surface area contributed by atoms with Gasteiger partial charge in [-0.25, -0.2) is 0 Å². The number of fused-ring (bicyclic) bond motifs is 3. The van der Waals surface area contributed by atoms with Crippen LogP contribution >= 0.6 is 0 Å². The van der Waals surface area contributed by atoms with Gasteiger partial charge in [0.1, 0.15) is 6.10 Å². The summed E-state index contributed by atoms with van der Waals surface area (Å²) in [7, 11) is -1.61. The molecule has 1 saturated heterocycles. The second-order valence-electron chi connectivity index (χ2n) is 7.58.